The number of benzene rings is 2. The number of carbonyl (C=O) groups excluding carboxylic acids is 1. The lowest BCUT2D eigenvalue weighted by atomic mass is 10.2. The van der Waals surface area contributed by atoms with Crippen molar-refractivity contribution in [1.82, 2.24) is 5.32 Å². The van der Waals surface area contributed by atoms with Crippen molar-refractivity contribution in [3.8, 4) is 0 Å². The van der Waals surface area contributed by atoms with Crippen LogP contribution in [-0.4, -0.2) is 18.2 Å². The van der Waals surface area contributed by atoms with E-state index in [1.54, 1.807) is 11.8 Å². The van der Waals surface area contributed by atoms with Crippen LogP contribution in [-0.2, 0) is 0 Å². The van der Waals surface area contributed by atoms with Crippen LogP contribution >= 0.6 is 11.8 Å². The molecule has 2 aromatic rings. The second-order valence-electron chi connectivity index (χ2n) is 4.17. The Labute approximate surface area is 124 Å². The SMILES string of the molecule is O=C(NCCSc1ccccc1)c1cc(F)c(F)c(F)c1. The molecule has 0 saturated heterocycles. The van der Waals surface area contributed by atoms with Gasteiger partial charge in [0, 0.05) is 22.8 Å². The van der Waals surface area contributed by atoms with Gasteiger partial charge in [-0.1, -0.05) is 18.2 Å². The summed E-state index contributed by atoms with van der Waals surface area (Å²) in [4.78, 5) is 12.8. The first kappa shape index (κ1) is 15.4. The van der Waals surface area contributed by atoms with Crippen LogP contribution in [0, 0.1) is 17.5 Å². The Morgan fingerprint density at radius 1 is 1.05 bits per heavy atom. The van der Waals surface area contributed by atoms with Crippen molar-refractivity contribution in [2.24, 2.45) is 0 Å². The van der Waals surface area contributed by atoms with Crippen LogP contribution in [0.1, 0.15) is 10.4 Å². The number of hydrogen-bond donors (Lipinski definition) is 1. The quantitative estimate of drug-likeness (QED) is 0.519. The minimum Gasteiger partial charge on any atom is -0.351 e. The van der Waals surface area contributed by atoms with Crippen molar-refractivity contribution >= 4 is 17.7 Å². The third-order valence-corrected chi connectivity index (χ3v) is 3.66. The van der Waals surface area contributed by atoms with E-state index in [2.05, 4.69) is 5.32 Å². The number of hydrogen-bond acceptors (Lipinski definition) is 2. The predicted molar refractivity (Wildman–Crippen MR) is 75.8 cm³/mol. The van der Waals surface area contributed by atoms with E-state index in [9.17, 15) is 18.0 Å². The summed E-state index contributed by atoms with van der Waals surface area (Å²) in [6.07, 6.45) is 0. The molecule has 0 aliphatic heterocycles. The topological polar surface area (TPSA) is 29.1 Å². The molecule has 0 heterocycles. The Hall–Kier alpha value is -1.95. The van der Waals surface area contributed by atoms with Crippen LogP contribution in [0.5, 0.6) is 0 Å². The fourth-order valence-electron chi connectivity index (χ4n) is 1.64. The third-order valence-electron chi connectivity index (χ3n) is 2.65. The highest BCUT2D eigenvalue weighted by molar-refractivity contribution is 7.99. The van der Waals surface area contributed by atoms with E-state index in [4.69, 9.17) is 0 Å². The van der Waals surface area contributed by atoms with Gasteiger partial charge in [-0.3, -0.25) is 4.79 Å². The van der Waals surface area contributed by atoms with Crippen LogP contribution < -0.4 is 5.32 Å². The Bertz CT molecular complexity index is 611. The summed E-state index contributed by atoms with van der Waals surface area (Å²) in [7, 11) is 0. The van der Waals surface area contributed by atoms with Crippen LogP contribution in [0.4, 0.5) is 13.2 Å². The summed E-state index contributed by atoms with van der Waals surface area (Å²) in [5, 5.41) is 2.53. The number of nitrogens with one attached hydrogen (secondary N) is 1. The molecule has 0 radical (unpaired) electrons. The molecule has 1 amide bonds. The lowest BCUT2D eigenvalue weighted by molar-refractivity contribution is 0.0955. The van der Waals surface area contributed by atoms with Crippen molar-refractivity contribution in [1.29, 1.82) is 0 Å². The highest BCUT2D eigenvalue weighted by Crippen LogP contribution is 2.16. The summed E-state index contributed by atoms with van der Waals surface area (Å²) in [5.74, 6) is -4.35. The highest BCUT2D eigenvalue weighted by Gasteiger charge is 2.14. The van der Waals surface area contributed by atoms with E-state index in [-0.39, 0.29) is 5.56 Å². The summed E-state index contributed by atoms with van der Waals surface area (Å²) in [6.45, 7) is 0.332. The van der Waals surface area contributed by atoms with Gasteiger partial charge in [-0.2, -0.15) is 0 Å². The average Bonchev–Trinajstić information content (AvgIpc) is 2.49. The largest absolute Gasteiger partial charge is 0.351 e. The van der Waals surface area contributed by atoms with Crippen molar-refractivity contribution in [3.63, 3.8) is 0 Å². The molecular formula is C15H12F3NOS. The number of amides is 1. The first-order valence-corrected chi connectivity index (χ1v) is 7.17. The summed E-state index contributed by atoms with van der Waals surface area (Å²) in [5.41, 5.74) is -0.240. The minimum atomic E-state index is -1.58. The van der Waals surface area contributed by atoms with Crippen LogP contribution in [0.15, 0.2) is 47.4 Å². The first-order valence-electron chi connectivity index (χ1n) is 6.18. The second kappa shape index (κ2) is 7.17. The summed E-state index contributed by atoms with van der Waals surface area (Å²) >= 11 is 1.54. The molecule has 2 nitrogen and oxygen atoms in total. The number of halogens is 3. The normalized spacial score (nSPS) is 10.4. The molecule has 110 valence electrons. The van der Waals surface area contributed by atoms with Gasteiger partial charge in [-0.25, -0.2) is 13.2 Å². The number of thioether (sulfide) groups is 1. The van der Waals surface area contributed by atoms with Gasteiger partial charge < -0.3 is 5.32 Å². The van der Waals surface area contributed by atoms with Gasteiger partial charge in [-0.15, -0.1) is 11.8 Å². The predicted octanol–water partition coefficient (Wildman–Crippen LogP) is 3.63. The molecule has 0 unspecified atom stereocenters. The Balaban J connectivity index is 1.85. The molecule has 0 saturated carbocycles. The molecular weight excluding hydrogens is 299 g/mol. The lowest BCUT2D eigenvalue weighted by Gasteiger charge is -2.06. The highest BCUT2D eigenvalue weighted by atomic mass is 32.2. The van der Waals surface area contributed by atoms with E-state index in [0.29, 0.717) is 24.4 Å². The molecule has 0 atom stereocenters. The van der Waals surface area contributed by atoms with E-state index in [1.165, 1.54) is 0 Å². The third kappa shape index (κ3) is 4.26. The maximum Gasteiger partial charge on any atom is 0.251 e. The summed E-state index contributed by atoms with van der Waals surface area (Å²) < 4.78 is 38.8. The van der Waals surface area contributed by atoms with E-state index in [1.807, 2.05) is 30.3 Å². The maximum atomic E-state index is 13.0. The average molecular weight is 311 g/mol. The molecule has 6 heteroatoms. The minimum absolute atomic E-state index is 0.240. The molecule has 0 aliphatic carbocycles. The number of carbonyl (C=O) groups is 1. The van der Waals surface area contributed by atoms with Crippen LogP contribution in [0.3, 0.4) is 0 Å². The Kier molecular flexibility index (Phi) is 5.27. The molecule has 2 rings (SSSR count). The first-order chi connectivity index (χ1) is 10.1. The summed E-state index contributed by atoms with van der Waals surface area (Å²) in [6, 6.07) is 11.0. The smallest absolute Gasteiger partial charge is 0.251 e. The fourth-order valence-corrected chi connectivity index (χ4v) is 2.43. The Morgan fingerprint density at radius 3 is 2.29 bits per heavy atom. The van der Waals surface area contributed by atoms with Gasteiger partial charge >= 0.3 is 0 Å². The van der Waals surface area contributed by atoms with Gasteiger partial charge in [0.05, 0.1) is 0 Å². The zero-order valence-electron chi connectivity index (χ0n) is 10.9. The zero-order valence-corrected chi connectivity index (χ0v) is 11.7. The van der Waals surface area contributed by atoms with Crippen molar-refractivity contribution < 1.29 is 18.0 Å². The van der Waals surface area contributed by atoms with Crippen molar-refractivity contribution in [3.05, 3.63) is 65.5 Å². The standard InChI is InChI=1S/C15H12F3NOS/c16-12-8-10(9-13(17)14(12)18)15(20)19-6-7-21-11-4-2-1-3-5-11/h1-5,8-9H,6-7H2,(H,19,20). The molecule has 0 bridgehead atoms. The van der Waals surface area contributed by atoms with Gasteiger partial charge in [0.1, 0.15) is 0 Å². The van der Waals surface area contributed by atoms with Gasteiger partial charge in [0.2, 0.25) is 0 Å². The molecule has 21 heavy (non-hydrogen) atoms. The van der Waals surface area contributed by atoms with Crippen LogP contribution in [0.2, 0.25) is 0 Å². The van der Waals surface area contributed by atoms with E-state index < -0.39 is 23.4 Å². The molecule has 0 aliphatic rings. The fraction of sp³-hybridized carbons (Fsp3) is 0.133. The Morgan fingerprint density at radius 2 is 1.67 bits per heavy atom. The van der Waals surface area contributed by atoms with Crippen molar-refractivity contribution in [2.45, 2.75) is 4.90 Å². The van der Waals surface area contributed by atoms with Crippen LogP contribution in [0.25, 0.3) is 0 Å². The van der Waals surface area contributed by atoms with Gasteiger partial charge in [-0.05, 0) is 24.3 Å². The van der Waals surface area contributed by atoms with E-state index in [0.717, 1.165) is 4.90 Å². The lowest BCUT2D eigenvalue weighted by Crippen LogP contribution is -2.26. The monoisotopic (exact) mass is 311 g/mol. The van der Waals surface area contributed by atoms with Gasteiger partial charge in [0.15, 0.2) is 17.5 Å². The molecule has 2 aromatic carbocycles. The zero-order chi connectivity index (χ0) is 15.2. The second-order valence-corrected chi connectivity index (χ2v) is 5.34. The van der Waals surface area contributed by atoms with Gasteiger partial charge in [0.25, 0.3) is 5.91 Å². The molecule has 1 N–H and O–H groups in total. The van der Waals surface area contributed by atoms with E-state index >= 15 is 0 Å². The molecule has 0 aromatic heterocycles. The number of rotatable bonds is 5. The molecule has 0 spiro atoms. The molecule has 0 fully saturated rings. The maximum absolute atomic E-state index is 13.0. The van der Waals surface area contributed by atoms with Crippen molar-refractivity contribution in [2.75, 3.05) is 12.3 Å².